The van der Waals surface area contributed by atoms with Gasteiger partial charge in [-0.05, 0) is 60.4 Å². The van der Waals surface area contributed by atoms with Crippen molar-refractivity contribution < 1.29 is 17.9 Å². The third-order valence-electron chi connectivity index (χ3n) is 5.67. The largest absolute Gasteiger partial charge is 0.497 e. The van der Waals surface area contributed by atoms with Crippen LogP contribution >= 0.6 is 0 Å². The monoisotopic (exact) mass is 480 g/mol. The molecule has 7 heteroatoms. The van der Waals surface area contributed by atoms with Crippen molar-refractivity contribution in [3.63, 3.8) is 0 Å². The Bertz CT molecular complexity index is 1080. The maximum atomic E-state index is 14.0. The lowest BCUT2D eigenvalue weighted by molar-refractivity contribution is 0.388. The van der Waals surface area contributed by atoms with Crippen molar-refractivity contribution in [3.05, 3.63) is 102 Å². The lowest BCUT2D eigenvalue weighted by atomic mass is 10.1. The Kier molecular flexibility index (Phi) is 9.24. The first-order valence-electron chi connectivity index (χ1n) is 11.2. The summed E-state index contributed by atoms with van der Waals surface area (Å²) in [6.07, 6.45) is 4.88. The molecule has 180 valence electrons. The number of methoxy groups -OCH3 is 2. The van der Waals surface area contributed by atoms with E-state index in [9.17, 15) is 8.42 Å². The first kappa shape index (κ1) is 25.5. The van der Waals surface area contributed by atoms with E-state index in [1.165, 1.54) is 0 Å². The van der Waals surface area contributed by atoms with Crippen LogP contribution in [-0.4, -0.2) is 37.2 Å². The summed E-state index contributed by atoms with van der Waals surface area (Å²) in [5.74, 6) is 1.46. The summed E-state index contributed by atoms with van der Waals surface area (Å²) in [6, 6.07) is 20.5. The second-order valence-corrected chi connectivity index (χ2v) is 10.2. The SMILES string of the molecule is C=CCC[C@H](Cc1ccccn1)S(=O)(=O)N(Cc1ccc(OC)cc1)Cc1ccc(OC)cc1. The average molecular weight is 481 g/mol. The molecule has 0 spiro atoms. The Hall–Kier alpha value is -3.16. The zero-order chi connectivity index (χ0) is 24.4. The van der Waals surface area contributed by atoms with E-state index < -0.39 is 15.3 Å². The fourth-order valence-electron chi connectivity index (χ4n) is 3.73. The van der Waals surface area contributed by atoms with E-state index in [-0.39, 0.29) is 13.1 Å². The van der Waals surface area contributed by atoms with E-state index in [4.69, 9.17) is 9.47 Å². The van der Waals surface area contributed by atoms with Crippen LogP contribution in [0.25, 0.3) is 0 Å². The molecule has 0 aliphatic rings. The van der Waals surface area contributed by atoms with E-state index in [0.29, 0.717) is 19.3 Å². The number of allylic oxidation sites excluding steroid dienone is 1. The van der Waals surface area contributed by atoms with Gasteiger partial charge in [0, 0.05) is 31.4 Å². The number of nitrogens with zero attached hydrogens (tertiary/aromatic N) is 2. The smallest absolute Gasteiger partial charge is 0.217 e. The van der Waals surface area contributed by atoms with Gasteiger partial charge in [-0.2, -0.15) is 4.31 Å². The molecule has 2 aromatic carbocycles. The summed E-state index contributed by atoms with van der Waals surface area (Å²) >= 11 is 0. The molecule has 0 aliphatic carbocycles. The van der Waals surface area contributed by atoms with Crippen LogP contribution in [0.2, 0.25) is 0 Å². The van der Waals surface area contributed by atoms with Gasteiger partial charge in [0.2, 0.25) is 10.0 Å². The van der Waals surface area contributed by atoms with Crippen LogP contribution in [0.1, 0.15) is 29.7 Å². The van der Waals surface area contributed by atoms with E-state index in [1.807, 2.05) is 66.7 Å². The second kappa shape index (κ2) is 12.3. The number of hydrogen-bond donors (Lipinski definition) is 0. The molecule has 1 aromatic heterocycles. The number of ether oxygens (including phenoxy) is 2. The molecule has 0 amide bonds. The predicted octanol–water partition coefficient (Wildman–Crippen LogP) is 5.01. The summed E-state index contributed by atoms with van der Waals surface area (Å²) in [4.78, 5) is 4.37. The van der Waals surface area contributed by atoms with Crippen molar-refractivity contribution in [1.82, 2.24) is 9.29 Å². The fourth-order valence-corrected chi connectivity index (χ4v) is 5.62. The highest BCUT2D eigenvalue weighted by Crippen LogP contribution is 2.24. The third kappa shape index (κ3) is 6.92. The van der Waals surface area contributed by atoms with Gasteiger partial charge in [-0.1, -0.05) is 36.4 Å². The van der Waals surface area contributed by atoms with Crippen LogP contribution in [0, 0.1) is 0 Å². The molecular formula is C27H32N2O4S. The highest BCUT2D eigenvalue weighted by molar-refractivity contribution is 7.89. The van der Waals surface area contributed by atoms with Gasteiger partial charge < -0.3 is 9.47 Å². The molecule has 0 fully saturated rings. The number of hydrogen-bond acceptors (Lipinski definition) is 5. The van der Waals surface area contributed by atoms with Crippen LogP contribution < -0.4 is 9.47 Å². The molecular weight excluding hydrogens is 448 g/mol. The Morgan fingerprint density at radius 2 is 1.47 bits per heavy atom. The molecule has 0 saturated heterocycles. The summed E-state index contributed by atoms with van der Waals surface area (Å²) in [5, 5.41) is -0.614. The van der Waals surface area contributed by atoms with Gasteiger partial charge in [0.25, 0.3) is 0 Å². The highest BCUT2D eigenvalue weighted by Gasteiger charge is 2.32. The van der Waals surface area contributed by atoms with E-state index in [0.717, 1.165) is 28.3 Å². The van der Waals surface area contributed by atoms with Crippen LogP contribution in [0.5, 0.6) is 11.5 Å². The Morgan fingerprint density at radius 1 is 0.912 bits per heavy atom. The van der Waals surface area contributed by atoms with Crippen LogP contribution in [0.15, 0.2) is 85.6 Å². The summed E-state index contributed by atoms with van der Waals surface area (Å²) in [7, 11) is -0.462. The van der Waals surface area contributed by atoms with Crippen LogP contribution in [0.4, 0.5) is 0 Å². The minimum Gasteiger partial charge on any atom is -0.497 e. The minimum atomic E-state index is -3.68. The molecule has 0 bridgehead atoms. The zero-order valence-corrected chi connectivity index (χ0v) is 20.6. The Balaban J connectivity index is 1.93. The molecule has 0 N–H and O–H groups in total. The lowest BCUT2D eigenvalue weighted by Crippen LogP contribution is -2.39. The average Bonchev–Trinajstić information content (AvgIpc) is 2.87. The Labute approximate surface area is 202 Å². The molecule has 1 atom stereocenters. The maximum absolute atomic E-state index is 14.0. The summed E-state index contributed by atoms with van der Waals surface area (Å²) < 4.78 is 40.1. The molecule has 3 rings (SSSR count). The first-order chi connectivity index (χ1) is 16.5. The van der Waals surface area contributed by atoms with Crippen molar-refractivity contribution in [2.75, 3.05) is 14.2 Å². The van der Waals surface area contributed by atoms with Gasteiger partial charge in [0.15, 0.2) is 0 Å². The highest BCUT2D eigenvalue weighted by atomic mass is 32.2. The number of aromatic nitrogens is 1. The normalized spacial score (nSPS) is 12.3. The first-order valence-corrected chi connectivity index (χ1v) is 12.7. The molecule has 6 nitrogen and oxygen atoms in total. The molecule has 0 radical (unpaired) electrons. The molecule has 1 heterocycles. The van der Waals surface area contributed by atoms with E-state index >= 15 is 0 Å². The van der Waals surface area contributed by atoms with Crippen molar-refractivity contribution >= 4 is 10.0 Å². The fraction of sp³-hybridized carbons (Fsp3) is 0.296. The van der Waals surface area contributed by atoms with E-state index in [2.05, 4.69) is 11.6 Å². The third-order valence-corrected chi connectivity index (χ3v) is 7.90. The predicted molar refractivity (Wildman–Crippen MR) is 135 cm³/mol. The second-order valence-electron chi connectivity index (χ2n) is 8.02. The Morgan fingerprint density at radius 3 is 1.91 bits per heavy atom. The van der Waals surface area contributed by atoms with Gasteiger partial charge >= 0.3 is 0 Å². The van der Waals surface area contributed by atoms with Gasteiger partial charge in [-0.25, -0.2) is 8.42 Å². The topological polar surface area (TPSA) is 68.7 Å². The number of rotatable bonds is 13. The molecule has 0 saturated carbocycles. The zero-order valence-electron chi connectivity index (χ0n) is 19.8. The standard InChI is InChI=1S/C27H32N2O4S/c1-4-5-9-27(19-24-8-6-7-18-28-24)34(30,31)29(20-22-10-14-25(32-2)15-11-22)21-23-12-16-26(33-3)17-13-23/h4,6-8,10-18,27H,1,5,9,19-21H2,2-3H3/t27-/m1/s1. The number of sulfonamides is 1. The molecule has 34 heavy (non-hydrogen) atoms. The molecule has 0 unspecified atom stereocenters. The summed E-state index contributed by atoms with van der Waals surface area (Å²) in [5.41, 5.74) is 2.53. The maximum Gasteiger partial charge on any atom is 0.217 e. The molecule has 3 aromatic rings. The minimum absolute atomic E-state index is 0.255. The van der Waals surface area contributed by atoms with E-state index in [1.54, 1.807) is 30.8 Å². The molecule has 0 aliphatic heterocycles. The van der Waals surface area contributed by atoms with Gasteiger partial charge in [0.05, 0.1) is 19.5 Å². The van der Waals surface area contributed by atoms with Crippen molar-refractivity contribution in [2.45, 2.75) is 37.6 Å². The van der Waals surface area contributed by atoms with Crippen molar-refractivity contribution in [2.24, 2.45) is 0 Å². The van der Waals surface area contributed by atoms with Gasteiger partial charge in [-0.3, -0.25) is 4.98 Å². The van der Waals surface area contributed by atoms with Crippen molar-refractivity contribution in [1.29, 1.82) is 0 Å². The lowest BCUT2D eigenvalue weighted by Gasteiger charge is -2.28. The quantitative estimate of drug-likeness (QED) is 0.322. The number of pyridine rings is 1. The summed E-state index contributed by atoms with van der Waals surface area (Å²) in [6.45, 7) is 4.30. The van der Waals surface area contributed by atoms with Crippen LogP contribution in [0.3, 0.4) is 0 Å². The van der Waals surface area contributed by atoms with Crippen LogP contribution in [-0.2, 0) is 29.5 Å². The van der Waals surface area contributed by atoms with Gasteiger partial charge in [0.1, 0.15) is 11.5 Å². The van der Waals surface area contributed by atoms with Gasteiger partial charge in [-0.15, -0.1) is 6.58 Å². The van der Waals surface area contributed by atoms with Crippen molar-refractivity contribution in [3.8, 4) is 11.5 Å². The number of benzene rings is 2.